The second-order valence-corrected chi connectivity index (χ2v) is 8.89. The zero-order valence-corrected chi connectivity index (χ0v) is 19.6. The number of nitrogens with one attached hydrogen (secondary N) is 1. The lowest BCUT2D eigenvalue weighted by molar-refractivity contribution is 0.122. The lowest BCUT2D eigenvalue weighted by Gasteiger charge is -2.30. The van der Waals surface area contributed by atoms with Crippen LogP contribution in [0.25, 0.3) is 27.1 Å². The van der Waals surface area contributed by atoms with Crippen LogP contribution < -0.4 is 15.0 Å². The number of benzene rings is 2. The van der Waals surface area contributed by atoms with E-state index in [1.54, 1.807) is 17.5 Å². The number of imidazole rings is 1. The highest BCUT2D eigenvalue weighted by molar-refractivity contribution is 7.16. The van der Waals surface area contributed by atoms with Crippen molar-refractivity contribution in [2.24, 2.45) is 0 Å². The molecule has 9 heteroatoms. The molecule has 34 heavy (non-hydrogen) atoms. The van der Waals surface area contributed by atoms with Crippen LogP contribution in [0.15, 0.2) is 60.5 Å². The second-order valence-electron chi connectivity index (χ2n) is 8.01. The van der Waals surface area contributed by atoms with E-state index >= 15 is 0 Å². The van der Waals surface area contributed by atoms with Gasteiger partial charge in [-0.1, -0.05) is 6.07 Å². The van der Waals surface area contributed by atoms with E-state index in [0.717, 1.165) is 70.5 Å². The van der Waals surface area contributed by atoms with Gasteiger partial charge in [0.15, 0.2) is 11.5 Å². The number of nitrogens with zero attached hydrogens (tertiary/aromatic N) is 5. The lowest BCUT2D eigenvalue weighted by Crippen LogP contribution is -2.36. The molecule has 172 valence electrons. The standard InChI is InChI=1S/C25H24N6O2S/c1-2-33-22-14-18(4-5-21(22)30-9-11-32-12-10-30)28-24-25-26-7-8-31(25)15-20(29-24)17-3-6-23-19(13-17)27-16-34-23/h3-8,13-16H,2,9-12H2,1H3,(H,28,29). The Balaban J connectivity index is 1.37. The Morgan fingerprint density at radius 3 is 2.91 bits per heavy atom. The molecule has 5 aromatic rings. The number of morpholine rings is 1. The zero-order chi connectivity index (χ0) is 22.9. The first-order chi connectivity index (χ1) is 16.8. The molecular formula is C25H24N6O2S. The molecule has 0 saturated carbocycles. The number of aromatic nitrogens is 4. The van der Waals surface area contributed by atoms with Gasteiger partial charge in [0, 0.05) is 49.0 Å². The summed E-state index contributed by atoms with van der Waals surface area (Å²) in [5, 5.41) is 3.47. The van der Waals surface area contributed by atoms with E-state index in [1.807, 2.05) is 35.3 Å². The minimum Gasteiger partial charge on any atom is -0.492 e. The summed E-state index contributed by atoms with van der Waals surface area (Å²) >= 11 is 1.64. The topological polar surface area (TPSA) is 76.8 Å². The third-order valence-corrected chi connectivity index (χ3v) is 6.68. The fourth-order valence-electron chi connectivity index (χ4n) is 4.24. The van der Waals surface area contributed by atoms with Gasteiger partial charge in [0.25, 0.3) is 0 Å². The molecular weight excluding hydrogens is 448 g/mol. The van der Waals surface area contributed by atoms with Crippen LogP contribution in [0.4, 0.5) is 17.2 Å². The summed E-state index contributed by atoms with van der Waals surface area (Å²) in [6, 6.07) is 12.4. The summed E-state index contributed by atoms with van der Waals surface area (Å²) in [5.74, 6) is 1.53. The largest absolute Gasteiger partial charge is 0.492 e. The number of hydrogen-bond donors (Lipinski definition) is 1. The van der Waals surface area contributed by atoms with Crippen molar-refractivity contribution >= 4 is 44.4 Å². The van der Waals surface area contributed by atoms with Crippen LogP contribution in [-0.4, -0.2) is 52.3 Å². The fourth-order valence-corrected chi connectivity index (χ4v) is 4.90. The van der Waals surface area contributed by atoms with Crippen LogP contribution in [0, 0.1) is 0 Å². The summed E-state index contributed by atoms with van der Waals surface area (Å²) in [4.78, 5) is 16.2. The van der Waals surface area contributed by atoms with E-state index in [2.05, 4.69) is 50.5 Å². The first-order valence-electron chi connectivity index (χ1n) is 11.3. The molecule has 1 N–H and O–H groups in total. The van der Waals surface area contributed by atoms with E-state index in [4.69, 9.17) is 14.5 Å². The highest BCUT2D eigenvalue weighted by atomic mass is 32.1. The quantitative estimate of drug-likeness (QED) is 0.373. The molecule has 0 unspecified atom stereocenters. The van der Waals surface area contributed by atoms with Gasteiger partial charge in [0.1, 0.15) is 5.75 Å². The minimum atomic E-state index is 0.595. The third kappa shape index (κ3) is 3.93. The normalized spacial score (nSPS) is 14.1. The third-order valence-electron chi connectivity index (χ3n) is 5.87. The summed E-state index contributed by atoms with van der Waals surface area (Å²) in [6.07, 6.45) is 5.71. The predicted octanol–water partition coefficient (Wildman–Crippen LogP) is 4.98. The van der Waals surface area contributed by atoms with Crippen LogP contribution in [0.2, 0.25) is 0 Å². The van der Waals surface area contributed by atoms with Gasteiger partial charge in [-0.15, -0.1) is 11.3 Å². The van der Waals surface area contributed by atoms with E-state index in [1.165, 1.54) is 0 Å². The molecule has 1 aliphatic rings. The van der Waals surface area contributed by atoms with Gasteiger partial charge in [-0.3, -0.25) is 0 Å². The molecule has 3 aromatic heterocycles. The van der Waals surface area contributed by atoms with Crippen molar-refractivity contribution < 1.29 is 9.47 Å². The van der Waals surface area contributed by atoms with Crippen LogP contribution >= 0.6 is 11.3 Å². The van der Waals surface area contributed by atoms with Gasteiger partial charge in [0.05, 0.1) is 46.9 Å². The van der Waals surface area contributed by atoms with Crippen LogP contribution in [-0.2, 0) is 4.74 Å². The Morgan fingerprint density at radius 2 is 2.03 bits per heavy atom. The number of fused-ring (bicyclic) bond motifs is 2. The molecule has 2 aromatic carbocycles. The summed E-state index contributed by atoms with van der Waals surface area (Å²) in [7, 11) is 0. The maximum atomic E-state index is 6.00. The molecule has 0 atom stereocenters. The molecule has 0 radical (unpaired) electrons. The maximum absolute atomic E-state index is 6.00. The Labute approximate surface area is 200 Å². The Hall–Kier alpha value is -3.69. The zero-order valence-electron chi connectivity index (χ0n) is 18.8. The number of thiazole rings is 1. The summed E-state index contributed by atoms with van der Waals surface area (Å²) in [5.41, 5.74) is 7.43. The lowest BCUT2D eigenvalue weighted by atomic mass is 10.1. The number of rotatable bonds is 6. The molecule has 6 rings (SSSR count). The molecule has 1 saturated heterocycles. The van der Waals surface area contributed by atoms with Crippen LogP contribution in [0.5, 0.6) is 5.75 Å². The van der Waals surface area contributed by atoms with Gasteiger partial charge in [-0.05, 0) is 31.2 Å². The highest BCUT2D eigenvalue weighted by Crippen LogP contribution is 2.34. The number of hydrogen-bond acceptors (Lipinski definition) is 8. The van der Waals surface area contributed by atoms with Crippen molar-refractivity contribution in [1.82, 2.24) is 19.4 Å². The van der Waals surface area contributed by atoms with Crippen molar-refractivity contribution in [3.63, 3.8) is 0 Å². The summed E-state index contributed by atoms with van der Waals surface area (Å²) in [6.45, 7) is 5.77. The van der Waals surface area contributed by atoms with Gasteiger partial charge in [-0.2, -0.15) is 0 Å². The van der Waals surface area contributed by atoms with Crippen molar-refractivity contribution in [2.75, 3.05) is 43.1 Å². The smallest absolute Gasteiger partial charge is 0.180 e. The van der Waals surface area contributed by atoms with E-state index < -0.39 is 0 Å². The first-order valence-corrected chi connectivity index (χ1v) is 12.2. The summed E-state index contributed by atoms with van der Waals surface area (Å²) < 4.78 is 14.7. The maximum Gasteiger partial charge on any atom is 0.180 e. The molecule has 4 heterocycles. The molecule has 1 aliphatic heterocycles. The molecule has 0 bridgehead atoms. The molecule has 0 spiro atoms. The monoisotopic (exact) mass is 472 g/mol. The number of anilines is 3. The Kier molecular flexibility index (Phi) is 5.48. The SMILES string of the molecule is CCOc1cc(Nc2nc(-c3ccc4scnc4c3)cn3ccnc23)ccc1N1CCOCC1. The van der Waals surface area contributed by atoms with Gasteiger partial charge in [-0.25, -0.2) is 15.0 Å². The van der Waals surface area contributed by atoms with Gasteiger partial charge in [0.2, 0.25) is 0 Å². The van der Waals surface area contributed by atoms with Crippen molar-refractivity contribution in [2.45, 2.75) is 6.92 Å². The van der Waals surface area contributed by atoms with Crippen molar-refractivity contribution in [3.05, 3.63) is 60.5 Å². The van der Waals surface area contributed by atoms with Crippen LogP contribution in [0.3, 0.4) is 0 Å². The molecule has 0 amide bonds. The molecule has 0 aliphatic carbocycles. The minimum absolute atomic E-state index is 0.595. The highest BCUT2D eigenvalue weighted by Gasteiger charge is 2.17. The van der Waals surface area contributed by atoms with Crippen LogP contribution in [0.1, 0.15) is 6.92 Å². The Morgan fingerprint density at radius 1 is 1.12 bits per heavy atom. The molecule has 1 fully saturated rings. The average molecular weight is 473 g/mol. The molecule has 8 nitrogen and oxygen atoms in total. The number of ether oxygens (including phenoxy) is 2. The van der Waals surface area contributed by atoms with Crippen molar-refractivity contribution in [1.29, 1.82) is 0 Å². The Bertz CT molecular complexity index is 1460. The van der Waals surface area contributed by atoms with Crippen molar-refractivity contribution in [3.8, 4) is 17.0 Å². The predicted molar refractivity (Wildman–Crippen MR) is 136 cm³/mol. The van der Waals surface area contributed by atoms with Gasteiger partial charge < -0.3 is 24.1 Å². The first kappa shape index (κ1) is 20.9. The van der Waals surface area contributed by atoms with Gasteiger partial charge >= 0.3 is 0 Å². The fraction of sp³-hybridized carbons (Fsp3) is 0.240. The second kappa shape index (κ2) is 8.92. The average Bonchev–Trinajstić information content (AvgIpc) is 3.54. The van der Waals surface area contributed by atoms with E-state index in [9.17, 15) is 0 Å². The van der Waals surface area contributed by atoms with E-state index in [0.29, 0.717) is 12.4 Å². The van der Waals surface area contributed by atoms with E-state index in [-0.39, 0.29) is 0 Å².